The summed E-state index contributed by atoms with van der Waals surface area (Å²) in [5.41, 5.74) is 1.29. The number of hydrogen-bond donors (Lipinski definition) is 0. The van der Waals surface area contributed by atoms with Crippen LogP contribution in [0.3, 0.4) is 0 Å². The van der Waals surface area contributed by atoms with Gasteiger partial charge < -0.3 is 18.9 Å². The Morgan fingerprint density at radius 3 is 2.85 bits per heavy atom. The number of methoxy groups -OCH3 is 1. The summed E-state index contributed by atoms with van der Waals surface area (Å²) in [5, 5.41) is 0. The van der Waals surface area contributed by atoms with Gasteiger partial charge in [0.15, 0.2) is 0 Å². The molecule has 7 unspecified atom stereocenters. The van der Waals surface area contributed by atoms with Crippen molar-refractivity contribution in [2.75, 3.05) is 13.7 Å². The van der Waals surface area contributed by atoms with Gasteiger partial charge in [-0.15, -0.1) is 0 Å². The third-order valence-electron chi connectivity index (χ3n) is 6.99. The fourth-order valence-electron chi connectivity index (χ4n) is 5.22. The van der Waals surface area contributed by atoms with Gasteiger partial charge >= 0.3 is 5.97 Å². The number of rotatable bonds is 6. The zero-order valence-electron chi connectivity index (χ0n) is 21.3. The van der Waals surface area contributed by atoms with Gasteiger partial charge in [0.05, 0.1) is 31.0 Å². The molecule has 2 bridgehead atoms. The molecule has 3 rings (SSSR count). The van der Waals surface area contributed by atoms with Crippen LogP contribution in [0.1, 0.15) is 71.6 Å². The zero-order chi connectivity index (χ0) is 24.3. The highest BCUT2D eigenvalue weighted by Crippen LogP contribution is 2.36. The van der Waals surface area contributed by atoms with Crippen molar-refractivity contribution in [3.05, 3.63) is 48.6 Å². The highest BCUT2D eigenvalue weighted by atomic mass is 16.6. The monoisotopic (exact) mass is 472 g/mol. The largest absolute Gasteiger partial charge is 0.458 e. The number of fused-ring (bicyclic) bond motifs is 3. The molecule has 0 N–H and O–H groups in total. The minimum absolute atomic E-state index is 0.0123. The molecule has 7 atom stereocenters. The lowest BCUT2D eigenvalue weighted by atomic mass is 9.90. The molecule has 0 aliphatic carbocycles. The van der Waals surface area contributed by atoms with Crippen LogP contribution >= 0.6 is 0 Å². The molecule has 3 heterocycles. The van der Waals surface area contributed by atoms with Crippen LogP contribution in [0.5, 0.6) is 0 Å². The average Bonchev–Trinajstić information content (AvgIpc) is 3.54. The highest BCUT2D eigenvalue weighted by Gasteiger charge is 2.42. The zero-order valence-corrected chi connectivity index (χ0v) is 21.3. The van der Waals surface area contributed by atoms with Gasteiger partial charge in [-0.2, -0.15) is 0 Å². The summed E-state index contributed by atoms with van der Waals surface area (Å²) in [6, 6.07) is 0. The first kappa shape index (κ1) is 26.9. The Kier molecular flexibility index (Phi) is 11.1. The highest BCUT2D eigenvalue weighted by molar-refractivity contribution is 5.82. The van der Waals surface area contributed by atoms with Crippen LogP contribution in [0.25, 0.3) is 0 Å². The Bertz CT molecular complexity index is 739. The van der Waals surface area contributed by atoms with Crippen molar-refractivity contribution in [3.63, 3.8) is 0 Å². The molecule has 1 saturated heterocycles. The molecule has 0 aromatic rings. The Morgan fingerprint density at radius 2 is 2.06 bits per heavy atom. The summed E-state index contributed by atoms with van der Waals surface area (Å²) >= 11 is 0. The van der Waals surface area contributed by atoms with Crippen molar-refractivity contribution in [1.29, 1.82) is 0 Å². The fourth-order valence-corrected chi connectivity index (χ4v) is 5.22. The minimum Gasteiger partial charge on any atom is -0.458 e. The predicted molar refractivity (Wildman–Crippen MR) is 136 cm³/mol. The van der Waals surface area contributed by atoms with Crippen molar-refractivity contribution >= 4 is 5.97 Å². The molecule has 190 valence electrons. The number of epoxide rings is 1. The van der Waals surface area contributed by atoms with Crippen molar-refractivity contribution in [3.8, 4) is 0 Å². The summed E-state index contributed by atoms with van der Waals surface area (Å²) < 4.78 is 23.5. The second-order valence-corrected chi connectivity index (χ2v) is 10.2. The van der Waals surface area contributed by atoms with Gasteiger partial charge in [0.25, 0.3) is 0 Å². The average molecular weight is 473 g/mol. The normalized spacial score (nSPS) is 35.1. The number of cyclic esters (lactones) is 1. The lowest BCUT2D eigenvalue weighted by Crippen LogP contribution is -2.28. The van der Waals surface area contributed by atoms with E-state index in [1.165, 1.54) is 5.57 Å². The van der Waals surface area contributed by atoms with Gasteiger partial charge in [0, 0.05) is 25.5 Å². The molecule has 0 aromatic carbocycles. The minimum atomic E-state index is -0.289. The smallest absolute Gasteiger partial charge is 0.330 e. The van der Waals surface area contributed by atoms with Crippen LogP contribution in [-0.2, 0) is 23.7 Å². The third-order valence-corrected chi connectivity index (χ3v) is 6.99. The summed E-state index contributed by atoms with van der Waals surface area (Å²) in [6.45, 7) is 9.35. The van der Waals surface area contributed by atoms with Crippen LogP contribution in [0, 0.1) is 11.8 Å². The maximum atomic E-state index is 12.7. The molecular formula is C29H44O5. The molecule has 5 nitrogen and oxygen atoms in total. The molecule has 3 aliphatic heterocycles. The van der Waals surface area contributed by atoms with Crippen molar-refractivity contribution in [2.24, 2.45) is 11.8 Å². The molecule has 34 heavy (non-hydrogen) atoms. The molecule has 0 spiro atoms. The van der Waals surface area contributed by atoms with Crippen LogP contribution in [0.4, 0.5) is 0 Å². The summed E-state index contributed by atoms with van der Waals surface area (Å²) in [6.07, 6.45) is 20.7. The van der Waals surface area contributed by atoms with Crippen molar-refractivity contribution in [2.45, 2.75) is 102 Å². The van der Waals surface area contributed by atoms with Gasteiger partial charge in [-0.25, -0.2) is 4.79 Å². The molecule has 5 heteroatoms. The van der Waals surface area contributed by atoms with Crippen LogP contribution in [-0.4, -0.2) is 50.2 Å². The van der Waals surface area contributed by atoms with Crippen LogP contribution in [0.15, 0.2) is 48.6 Å². The first-order valence-electron chi connectivity index (χ1n) is 13.1. The molecule has 0 amide bonds. The van der Waals surface area contributed by atoms with E-state index in [1.807, 2.05) is 12.2 Å². The SMILES string of the molecule is C=C1CCC2OC2CC(C(/C=C/COC)CCC)OC(=O)/C=C\CC2C=CCC(CC(C)C1)O2. The van der Waals surface area contributed by atoms with E-state index in [0.29, 0.717) is 18.9 Å². The van der Waals surface area contributed by atoms with Crippen molar-refractivity contribution in [1.82, 2.24) is 0 Å². The summed E-state index contributed by atoms with van der Waals surface area (Å²) in [5.74, 6) is 0.403. The Hall–Kier alpha value is -1.69. The van der Waals surface area contributed by atoms with Gasteiger partial charge in [0.1, 0.15) is 6.10 Å². The lowest BCUT2D eigenvalue weighted by Gasteiger charge is -2.28. The standard InChI is InChI=1S/C29H44O5/c1-5-9-23(10-8-17-31-4)27-20-28-26(33-28)16-15-21(2)18-22(3)19-25-13-6-11-24(32-25)12-7-14-29(30)34-27/h6-8,10-11,14,22-28H,2,5,9,12-13,15-20H2,1,3-4H3/b10-8+,14-7-. The maximum Gasteiger partial charge on any atom is 0.330 e. The van der Waals surface area contributed by atoms with Crippen molar-refractivity contribution < 1.29 is 23.7 Å². The predicted octanol–water partition coefficient (Wildman–Crippen LogP) is 6.10. The maximum absolute atomic E-state index is 12.7. The van der Waals surface area contributed by atoms with E-state index in [1.54, 1.807) is 13.2 Å². The third kappa shape index (κ3) is 9.16. The Balaban J connectivity index is 1.71. The summed E-state index contributed by atoms with van der Waals surface area (Å²) in [7, 11) is 1.69. The molecule has 1 fully saturated rings. The molecule has 0 saturated carbocycles. The number of carbonyl (C=O) groups excluding carboxylic acids is 1. The number of esters is 1. The quantitative estimate of drug-likeness (QED) is 0.266. The van der Waals surface area contributed by atoms with E-state index in [-0.39, 0.29) is 42.4 Å². The Labute approximate surface area is 206 Å². The van der Waals surface area contributed by atoms with E-state index in [0.717, 1.165) is 51.4 Å². The van der Waals surface area contributed by atoms with E-state index < -0.39 is 0 Å². The van der Waals surface area contributed by atoms with Crippen LogP contribution in [0.2, 0.25) is 0 Å². The Morgan fingerprint density at radius 1 is 1.21 bits per heavy atom. The molecule has 0 aromatic heterocycles. The topological polar surface area (TPSA) is 57.3 Å². The fraction of sp³-hybridized carbons (Fsp3) is 0.690. The van der Waals surface area contributed by atoms with Crippen LogP contribution < -0.4 is 0 Å². The molecule has 3 aliphatic rings. The van der Waals surface area contributed by atoms with E-state index >= 15 is 0 Å². The van der Waals surface area contributed by atoms with Gasteiger partial charge in [-0.1, -0.05) is 62.8 Å². The van der Waals surface area contributed by atoms with E-state index in [9.17, 15) is 4.79 Å². The first-order valence-corrected chi connectivity index (χ1v) is 13.1. The van der Waals surface area contributed by atoms with Gasteiger partial charge in [-0.05, 0) is 50.9 Å². The van der Waals surface area contributed by atoms with Gasteiger partial charge in [0.2, 0.25) is 0 Å². The molecule has 0 radical (unpaired) electrons. The number of carbonyl (C=O) groups is 1. The number of allylic oxidation sites excluding steroid dienone is 1. The molecular weight excluding hydrogens is 428 g/mol. The van der Waals surface area contributed by atoms with E-state index in [4.69, 9.17) is 18.9 Å². The van der Waals surface area contributed by atoms with E-state index in [2.05, 4.69) is 38.7 Å². The van der Waals surface area contributed by atoms with Gasteiger partial charge in [-0.3, -0.25) is 0 Å². The second-order valence-electron chi connectivity index (χ2n) is 10.2. The first-order chi connectivity index (χ1) is 16.5. The second kappa shape index (κ2) is 14.0. The number of hydrogen-bond acceptors (Lipinski definition) is 5. The lowest BCUT2D eigenvalue weighted by molar-refractivity contribution is -0.145. The number of ether oxygens (including phenoxy) is 4. The summed E-state index contributed by atoms with van der Waals surface area (Å²) in [4.78, 5) is 12.7.